The number of methoxy groups -OCH3 is 1. The predicted octanol–water partition coefficient (Wildman–Crippen LogP) is 1.61. The summed E-state index contributed by atoms with van der Waals surface area (Å²) in [4.78, 5) is 6.38. The van der Waals surface area contributed by atoms with Crippen LogP contribution in [-0.2, 0) is 4.74 Å². The molecule has 0 aliphatic heterocycles. The molecule has 1 aromatic rings. The lowest BCUT2D eigenvalue weighted by Crippen LogP contribution is -2.20. The van der Waals surface area contributed by atoms with Crippen LogP contribution in [0.2, 0.25) is 0 Å². The number of hydrogen-bond acceptors (Lipinski definition) is 4. The van der Waals surface area contributed by atoms with Crippen LogP contribution >= 0.6 is 0 Å². The first-order valence-electron chi connectivity index (χ1n) is 5.49. The summed E-state index contributed by atoms with van der Waals surface area (Å²) >= 11 is 0. The van der Waals surface area contributed by atoms with Gasteiger partial charge in [-0.25, -0.2) is 4.98 Å². The monoisotopic (exact) mass is 224 g/mol. The second-order valence-corrected chi connectivity index (χ2v) is 3.89. The summed E-state index contributed by atoms with van der Waals surface area (Å²) in [6, 6.07) is 3.83. The highest BCUT2D eigenvalue weighted by Crippen LogP contribution is 2.14. The number of aromatic nitrogens is 1. The SMILES string of the molecule is COCCCN(C)c1ccc([C@H](C)O)cn1. The van der Waals surface area contributed by atoms with Gasteiger partial charge in [0.15, 0.2) is 0 Å². The Balaban J connectivity index is 2.52. The number of ether oxygens (including phenoxy) is 1. The van der Waals surface area contributed by atoms with E-state index in [0.717, 1.165) is 31.0 Å². The maximum atomic E-state index is 9.36. The van der Waals surface area contributed by atoms with Crippen molar-refractivity contribution in [3.63, 3.8) is 0 Å². The lowest BCUT2D eigenvalue weighted by Gasteiger charge is -2.18. The molecule has 0 saturated carbocycles. The van der Waals surface area contributed by atoms with E-state index in [-0.39, 0.29) is 0 Å². The molecule has 1 N–H and O–H groups in total. The first kappa shape index (κ1) is 12.9. The predicted molar refractivity (Wildman–Crippen MR) is 64.6 cm³/mol. The molecule has 1 aromatic heterocycles. The summed E-state index contributed by atoms with van der Waals surface area (Å²) in [5.41, 5.74) is 0.842. The van der Waals surface area contributed by atoms with Gasteiger partial charge in [-0.05, 0) is 25.0 Å². The van der Waals surface area contributed by atoms with E-state index in [1.54, 1.807) is 20.2 Å². The van der Waals surface area contributed by atoms with Crippen LogP contribution < -0.4 is 4.90 Å². The minimum Gasteiger partial charge on any atom is -0.389 e. The van der Waals surface area contributed by atoms with E-state index in [0.29, 0.717) is 0 Å². The molecule has 16 heavy (non-hydrogen) atoms. The first-order valence-corrected chi connectivity index (χ1v) is 5.49. The third-order valence-electron chi connectivity index (χ3n) is 2.49. The molecular formula is C12H20N2O2. The number of rotatable bonds is 6. The highest BCUT2D eigenvalue weighted by Gasteiger charge is 2.04. The Morgan fingerprint density at radius 3 is 2.75 bits per heavy atom. The summed E-state index contributed by atoms with van der Waals surface area (Å²) in [6.45, 7) is 3.41. The van der Waals surface area contributed by atoms with E-state index in [1.165, 1.54) is 0 Å². The van der Waals surface area contributed by atoms with Crippen LogP contribution in [0.15, 0.2) is 18.3 Å². The maximum Gasteiger partial charge on any atom is 0.128 e. The molecule has 0 aromatic carbocycles. The molecule has 0 unspecified atom stereocenters. The molecule has 1 rings (SSSR count). The van der Waals surface area contributed by atoms with Crippen molar-refractivity contribution >= 4 is 5.82 Å². The summed E-state index contributed by atoms with van der Waals surface area (Å²) in [5, 5.41) is 9.36. The fourth-order valence-corrected chi connectivity index (χ4v) is 1.43. The fourth-order valence-electron chi connectivity index (χ4n) is 1.43. The lowest BCUT2D eigenvalue weighted by molar-refractivity contribution is 0.196. The molecular weight excluding hydrogens is 204 g/mol. The Bertz CT molecular complexity index is 298. The smallest absolute Gasteiger partial charge is 0.128 e. The van der Waals surface area contributed by atoms with Crippen molar-refractivity contribution < 1.29 is 9.84 Å². The molecule has 1 atom stereocenters. The standard InChI is InChI=1S/C12H20N2O2/c1-10(15)11-5-6-12(13-9-11)14(2)7-4-8-16-3/h5-6,9-10,15H,4,7-8H2,1-3H3/t10-/m0/s1. The molecule has 0 radical (unpaired) electrons. The van der Waals surface area contributed by atoms with E-state index in [4.69, 9.17) is 4.74 Å². The molecule has 0 bridgehead atoms. The molecule has 0 aliphatic carbocycles. The van der Waals surface area contributed by atoms with Crippen LogP contribution in [0.5, 0.6) is 0 Å². The van der Waals surface area contributed by atoms with Crippen LogP contribution in [0, 0.1) is 0 Å². The Labute approximate surface area is 96.9 Å². The van der Waals surface area contributed by atoms with Gasteiger partial charge in [0, 0.05) is 33.5 Å². The second kappa shape index (κ2) is 6.45. The lowest BCUT2D eigenvalue weighted by atomic mass is 10.2. The van der Waals surface area contributed by atoms with Gasteiger partial charge in [0.1, 0.15) is 5.82 Å². The van der Waals surface area contributed by atoms with Crippen molar-refractivity contribution in [1.29, 1.82) is 0 Å². The Kier molecular flexibility index (Phi) is 5.22. The Hall–Kier alpha value is -1.13. The van der Waals surface area contributed by atoms with Crippen molar-refractivity contribution in [1.82, 2.24) is 4.98 Å². The highest BCUT2D eigenvalue weighted by atomic mass is 16.5. The third-order valence-corrected chi connectivity index (χ3v) is 2.49. The largest absolute Gasteiger partial charge is 0.389 e. The van der Waals surface area contributed by atoms with E-state index < -0.39 is 6.10 Å². The van der Waals surface area contributed by atoms with Crippen molar-refractivity contribution in [3.8, 4) is 0 Å². The number of nitrogens with zero attached hydrogens (tertiary/aromatic N) is 2. The first-order chi connectivity index (χ1) is 7.65. The number of pyridine rings is 1. The van der Waals surface area contributed by atoms with Gasteiger partial charge >= 0.3 is 0 Å². The van der Waals surface area contributed by atoms with Gasteiger partial charge in [0.05, 0.1) is 6.10 Å². The van der Waals surface area contributed by atoms with Crippen LogP contribution in [0.1, 0.15) is 25.0 Å². The summed E-state index contributed by atoms with van der Waals surface area (Å²) < 4.78 is 5.00. The minimum atomic E-state index is -0.458. The van der Waals surface area contributed by atoms with Crippen molar-refractivity contribution in [2.45, 2.75) is 19.4 Å². The highest BCUT2D eigenvalue weighted by molar-refractivity contribution is 5.38. The number of anilines is 1. The molecule has 0 spiro atoms. The second-order valence-electron chi connectivity index (χ2n) is 3.89. The van der Waals surface area contributed by atoms with Gasteiger partial charge in [-0.2, -0.15) is 0 Å². The zero-order valence-corrected chi connectivity index (χ0v) is 10.2. The molecule has 4 nitrogen and oxygen atoms in total. The van der Waals surface area contributed by atoms with E-state index in [9.17, 15) is 5.11 Å². The molecule has 90 valence electrons. The summed E-state index contributed by atoms with van der Waals surface area (Å²) in [7, 11) is 3.70. The van der Waals surface area contributed by atoms with Gasteiger partial charge < -0.3 is 14.7 Å². The van der Waals surface area contributed by atoms with Crippen LogP contribution in [0.3, 0.4) is 0 Å². The van der Waals surface area contributed by atoms with Crippen LogP contribution in [-0.4, -0.2) is 37.4 Å². The molecule has 1 heterocycles. The van der Waals surface area contributed by atoms with Gasteiger partial charge in [-0.1, -0.05) is 6.07 Å². The Morgan fingerprint density at radius 2 is 2.25 bits per heavy atom. The maximum absolute atomic E-state index is 9.36. The topological polar surface area (TPSA) is 45.6 Å². The van der Waals surface area contributed by atoms with Crippen LogP contribution in [0.25, 0.3) is 0 Å². The molecule has 4 heteroatoms. The van der Waals surface area contributed by atoms with E-state index >= 15 is 0 Å². The average molecular weight is 224 g/mol. The van der Waals surface area contributed by atoms with Crippen LogP contribution in [0.4, 0.5) is 5.82 Å². The quantitative estimate of drug-likeness (QED) is 0.746. The van der Waals surface area contributed by atoms with E-state index in [1.807, 2.05) is 19.2 Å². The normalized spacial score (nSPS) is 12.5. The fraction of sp³-hybridized carbons (Fsp3) is 0.583. The van der Waals surface area contributed by atoms with Crippen molar-refractivity contribution in [2.75, 3.05) is 32.2 Å². The average Bonchev–Trinajstić information content (AvgIpc) is 2.29. The summed E-state index contributed by atoms with van der Waals surface area (Å²) in [5.74, 6) is 0.917. The van der Waals surface area contributed by atoms with Gasteiger partial charge in [-0.3, -0.25) is 0 Å². The Morgan fingerprint density at radius 1 is 1.50 bits per heavy atom. The molecule has 0 saturated heterocycles. The van der Waals surface area contributed by atoms with Gasteiger partial charge in [0.2, 0.25) is 0 Å². The van der Waals surface area contributed by atoms with Crippen molar-refractivity contribution in [2.24, 2.45) is 0 Å². The molecule has 0 amide bonds. The molecule has 0 aliphatic rings. The minimum absolute atomic E-state index is 0.458. The zero-order valence-electron chi connectivity index (χ0n) is 10.2. The number of aliphatic hydroxyl groups excluding tert-OH is 1. The van der Waals surface area contributed by atoms with Gasteiger partial charge in [0.25, 0.3) is 0 Å². The van der Waals surface area contributed by atoms with Crippen molar-refractivity contribution in [3.05, 3.63) is 23.9 Å². The van der Waals surface area contributed by atoms with E-state index in [2.05, 4.69) is 9.88 Å². The van der Waals surface area contributed by atoms with Gasteiger partial charge in [-0.15, -0.1) is 0 Å². The third kappa shape index (κ3) is 3.79. The summed E-state index contributed by atoms with van der Waals surface area (Å²) in [6.07, 6.45) is 2.24. The molecule has 0 fully saturated rings. The number of aliphatic hydroxyl groups is 1. The number of hydrogen-bond donors (Lipinski definition) is 1. The zero-order chi connectivity index (χ0) is 12.0.